The average molecular weight is 334 g/mol. The molecular formula is C19H18N4O2. The third-order valence-electron chi connectivity index (χ3n) is 4.33. The van der Waals surface area contributed by atoms with Crippen LogP contribution in [-0.2, 0) is 0 Å². The fraction of sp³-hybridized carbons (Fsp3) is 0.211. The van der Waals surface area contributed by atoms with E-state index in [1.165, 1.54) is 0 Å². The second-order valence-electron chi connectivity index (χ2n) is 5.95. The highest BCUT2D eigenvalue weighted by Gasteiger charge is 2.23. The first-order valence-electron chi connectivity index (χ1n) is 8.29. The number of nitrogens with one attached hydrogen (secondary N) is 2. The van der Waals surface area contributed by atoms with Gasteiger partial charge in [-0.3, -0.25) is 14.9 Å². The number of carbonyl (C=O) groups is 1. The number of nitrogens with zero attached hydrogens (tertiary/aromatic N) is 2. The zero-order valence-electron chi connectivity index (χ0n) is 13.6. The van der Waals surface area contributed by atoms with Gasteiger partial charge in [-0.25, -0.2) is 0 Å². The van der Waals surface area contributed by atoms with Gasteiger partial charge in [-0.05, 0) is 31.0 Å². The third kappa shape index (κ3) is 3.10. The molecule has 1 aromatic carbocycles. The number of para-hydroxylation sites is 1. The Bertz CT molecular complexity index is 876. The number of fused-ring (bicyclic) bond motifs is 1. The number of aromatic nitrogens is 3. The molecule has 0 aliphatic carbocycles. The van der Waals surface area contributed by atoms with Gasteiger partial charge in [0.15, 0.2) is 0 Å². The Morgan fingerprint density at radius 2 is 2.12 bits per heavy atom. The highest BCUT2D eigenvalue weighted by Crippen LogP contribution is 2.31. The second-order valence-corrected chi connectivity index (χ2v) is 5.95. The van der Waals surface area contributed by atoms with Crippen molar-refractivity contribution in [2.45, 2.75) is 18.9 Å². The summed E-state index contributed by atoms with van der Waals surface area (Å²) < 4.78 is 5.77. The predicted molar refractivity (Wildman–Crippen MR) is 93.2 cm³/mol. The first-order valence-corrected chi connectivity index (χ1v) is 8.29. The maximum atomic E-state index is 12.9. The van der Waals surface area contributed by atoms with Crippen molar-refractivity contribution in [1.82, 2.24) is 20.5 Å². The van der Waals surface area contributed by atoms with Crippen molar-refractivity contribution in [3.63, 3.8) is 0 Å². The van der Waals surface area contributed by atoms with Crippen LogP contribution in [0.15, 0.2) is 55.0 Å². The summed E-state index contributed by atoms with van der Waals surface area (Å²) in [6.07, 6.45) is 6.68. The van der Waals surface area contributed by atoms with E-state index in [0.717, 1.165) is 29.7 Å². The van der Waals surface area contributed by atoms with Gasteiger partial charge in [-0.1, -0.05) is 18.2 Å². The van der Waals surface area contributed by atoms with Gasteiger partial charge in [0.2, 0.25) is 0 Å². The average Bonchev–Trinajstić information content (AvgIpc) is 3.07. The summed E-state index contributed by atoms with van der Waals surface area (Å²) in [4.78, 5) is 17.0. The monoisotopic (exact) mass is 334 g/mol. The number of amides is 1. The van der Waals surface area contributed by atoms with Gasteiger partial charge >= 0.3 is 0 Å². The van der Waals surface area contributed by atoms with E-state index >= 15 is 0 Å². The van der Waals surface area contributed by atoms with Crippen molar-refractivity contribution in [2.24, 2.45) is 0 Å². The lowest BCUT2D eigenvalue weighted by Crippen LogP contribution is -2.28. The molecule has 0 saturated heterocycles. The Hall–Kier alpha value is -3.15. The Kier molecular flexibility index (Phi) is 4.16. The molecule has 2 N–H and O–H groups in total. The van der Waals surface area contributed by atoms with E-state index in [1.807, 2.05) is 36.4 Å². The van der Waals surface area contributed by atoms with Crippen LogP contribution in [0.3, 0.4) is 0 Å². The van der Waals surface area contributed by atoms with Gasteiger partial charge in [0.25, 0.3) is 5.91 Å². The largest absolute Gasteiger partial charge is 0.493 e. The predicted octanol–water partition coefficient (Wildman–Crippen LogP) is 3.12. The van der Waals surface area contributed by atoms with Gasteiger partial charge in [0.05, 0.1) is 30.1 Å². The summed E-state index contributed by atoms with van der Waals surface area (Å²) >= 11 is 0. The van der Waals surface area contributed by atoms with E-state index in [0.29, 0.717) is 17.9 Å². The number of hydrogen-bond acceptors (Lipinski definition) is 4. The second kappa shape index (κ2) is 6.76. The van der Waals surface area contributed by atoms with Crippen molar-refractivity contribution in [2.75, 3.05) is 6.61 Å². The molecule has 1 aliphatic rings. The molecule has 4 rings (SSSR count). The first kappa shape index (κ1) is 15.4. The molecule has 1 atom stereocenters. The molecule has 0 bridgehead atoms. The fourth-order valence-corrected chi connectivity index (χ4v) is 3.10. The molecule has 6 nitrogen and oxygen atoms in total. The topological polar surface area (TPSA) is 79.9 Å². The first-order chi connectivity index (χ1) is 12.3. The van der Waals surface area contributed by atoms with Crippen LogP contribution in [0.1, 0.15) is 34.8 Å². The minimum absolute atomic E-state index is 0.0807. The number of carbonyl (C=O) groups excluding carboxylic acids is 1. The molecule has 126 valence electrons. The Balaban J connectivity index is 1.61. The number of ether oxygens (including phenoxy) is 1. The zero-order valence-corrected chi connectivity index (χ0v) is 13.6. The number of rotatable bonds is 3. The van der Waals surface area contributed by atoms with Gasteiger partial charge < -0.3 is 10.1 Å². The van der Waals surface area contributed by atoms with Gasteiger partial charge in [0.1, 0.15) is 5.75 Å². The SMILES string of the molecule is O=C(N[C@H]1CCCOc2ccccc21)c1cn[nH]c1-c1cccnc1. The molecule has 0 spiro atoms. The van der Waals surface area contributed by atoms with Crippen LogP contribution in [0, 0.1) is 0 Å². The molecule has 3 aromatic rings. The molecule has 25 heavy (non-hydrogen) atoms. The minimum Gasteiger partial charge on any atom is -0.493 e. The molecule has 0 unspecified atom stereocenters. The summed E-state index contributed by atoms with van der Waals surface area (Å²) in [5.41, 5.74) is 3.02. The maximum absolute atomic E-state index is 12.9. The Morgan fingerprint density at radius 1 is 1.20 bits per heavy atom. The highest BCUT2D eigenvalue weighted by molar-refractivity contribution is 5.99. The van der Waals surface area contributed by atoms with Crippen molar-refractivity contribution in [1.29, 1.82) is 0 Å². The number of pyridine rings is 1. The van der Waals surface area contributed by atoms with Crippen LogP contribution in [0.5, 0.6) is 5.75 Å². The van der Waals surface area contributed by atoms with E-state index in [9.17, 15) is 4.79 Å². The normalized spacial score (nSPS) is 16.4. The van der Waals surface area contributed by atoms with E-state index in [-0.39, 0.29) is 11.9 Å². The van der Waals surface area contributed by atoms with Crippen molar-refractivity contribution in [3.8, 4) is 17.0 Å². The van der Waals surface area contributed by atoms with E-state index in [4.69, 9.17) is 4.74 Å². The van der Waals surface area contributed by atoms with Crippen LogP contribution >= 0.6 is 0 Å². The van der Waals surface area contributed by atoms with Crippen LogP contribution in [-0.4, -0.2) is 27.7 Å². The maximum Gasteiger partial charge on any atom is 0.255 e. The highest BCUT2D eigenvalue weighted by atomic mass is 16.5. The molecule has 0 saturated carbocycles. The summed E-state index contributed by atoms with van der Waals surface area (Å²) in [7, 11) is 0. The van der Waals surface area contributed by atoms with Crippen molar-refractivity contribution >= 4 is 5.91 Å². The molecule has 6 heteroatoms. The van der Waals surface area contributed by atoms with Gasteiger partial charge in [-0.15, -0.1) is 0 Å². The lowest BCUT2D eigenvalue weighted by molar-refractivity contribution is 0.0935. The van der Waals surface area contributed by atoms with Gasteiger partial charge in [0, 0.05) is 23.5 Å². The lowest BCUT2D eigenvalue weighted by atomic mass is 10.0. The van der Waals surface area contributed by atoms with Crippen LogP contribution in [0.2, 0.25) is 0 Å². The standard InChI is InChI=1S/C19H18N4O2/c24-19(15-12-21-23-18(15)13-5-3-9-20-11-13)22-16-7-4-10-25-17-8-2-1-6-14(16)17/h1-3,5-6,8-9,11-12,16H,4,7,10H2,(H,21,23)(H,22,24)/t16-/m0/s1. The fourth-order valence-electron chi connectivity index (χ4n) is 3.10. The molecule has 1 amide bonds. The molecule has 1 aliphatic heterocycles. The Morgan fingerprint density at radius 3 is 3.00 bits per heavy atom. The molecule has 2 aromatic heterocycles. The van der Waals surface area contributed by atoms with Gasteiger partial charge in [-0.2, -0.15) is 5.10 Å². The summed E-state index contributed by atoms with van der Waals surface area (Å²) in [6, 6.07) is 11.5. The van der Waals surface area contributed by atoms with Crippen LogP contribution in [0.25, 0.3) is 11.3 Å². The quantitative estimate of drug-likeness (QED) is 0.771. The summed E-state index contributed by atoms with van der Waals surface area (Å²) in [6.45, 7) is 0.663. The van der Waals surface area contributed by atoms with Crippen LogP contribution in [0.4, 0.5) is 0 Å². The number of aromatic amines is 1. The van der Waals surface area contributed by atoms with Crippen molar-refractivity contribution < 1.29 is 9.53 Å². The molecule has 0 fully saturated rings. The lowest BCUT2D eigenvalue weighted by Gasteiger charge is -2.18. The third-order valence-corrected chi connectivity index (χ3v) is 4.33. The van der Waals surface area contributed by atoms with E-state index < -0.39 is 0 Å². The van der Waals surface area contributed by atoms with Crippen molar-refractivity contribution in [3.05, 3.63) is 66.1 Å². The minimum atomic E-state index is -0.158. The zero-order chi connectivity index (χ0) is 17.1. The smallest absolute Gasteiger partial charge is 0.255 e. The molecular weight excluding hydrogens is 316 g/mol. The number of hydrogen-bond donors (Lipinski definition) is 2. The number of H-pyrrole nitrogens is 1. The molecule has 3 heterocycles. The van der Waals surface area contributed by atoms with E-state index in [1.54, 1.807) is 18.6 Å². The number of benzene rings is 1. The van der Waals surface area contributed by atoms with E-state index in [2.05, 4.69) is 20.5 Å². The van der Waals surface area contributed by atoms with Crippen LogP contribution < -0.4 is 10.1 Å². The summed E-state index contributed by atoms with van der Waals surface area (Å²) in [5, 5.41) is 10.1. The Labute approximate surface area is 145 Å². The summed E-state index contributed by atoms with van der Waals surface area (Å²) in [5.74, 6) is 0.680. The molecule has 0 radical (unpaired) electrons.